The Morgan fingerprint density at radius 1 is 1.15 bits per heavy atom. The number of rotatable bonds is 2. The zero-order chi connectivity index (χ0) is 14.1. The largest absolute Gasteiger partial charge is 0.399 e. The van der Waals surface area contributed by atoms with Crippen molar-refractivity contribution < 1.29 is 4.79 Å². The predicted octanol–water partition coefficient (Wildman–Crippen LogP) is 4.50. The summed E-state index contributed by atoms with van der Waals surface area (Å²) in [5, 5.41) is 3.97. The van der Waals surface area contributed by atoms with E-state index in [1.807, 2.05) is 30.3 Å². The number of halogens is 1. The maximum atomic E-state index is 12.3. The van der Waals surface area contributed by atoms with Crippen LogP contribution in [0, 0.1) is 0 Å². The lowest BCUT2D eigenvalue weighted by Crippen LogP contribution is -2.10. The molecule has 5 heteroatoms. The van der Waals surface area contributed by atoms with E-state index in [1.54, 1.807) is 18.2 Å². The van der Waals surface area contributed by atoms with Gasteiger partial charge in [0.1, 0.15) is 0 Å². The van der Waals surface area contributed by atoms with Gasteiger partial charge in [-0.25, -0.2) is 0 Å². The van der Waals surface area contributed by atoms with Crippen molar-refractivity contribution in [2.24, 2.45) is 0 Å². The molecule has 0 bridgehead atoms. The first kappa shape index (κ1) is 13.1. The van der Waals surface area contributed by atoms with E-state index in [4.69, 9.17) is 5.73 Å². The summed E-state index contributed by atoms with van der Waals surface area (Å²) < 4.78 is 1.88. The Hall–Kier alpha value is -1.85. The van der Waals surface area contributed by atoms with Gasteiger partial charge in [0, 0.05) is 14.9 Å². The van der Waals surface area contributed by atoms with Gasteiger partial charge in [-0.2, -0.15) is 0 Å². The number of fused-ring (bicyclic) bond motifs is 1. The second-order valence-corrected chi connectivity index (χ2v) is 6.28. The highest BCUT2D eigenvalue weighted by Crippen LogP contribution is 2.28. The Morgan fingerprint density at radius 2 is 1.95 bits per heavy atom. The summed E-state index contributed by atoms with van der Waals surface area (Å²) in [5.74, 6) is -0.114. The maximum absolute atomic E-state index is 12.3. The van der Waals surface area contributed by atoms with E-state index in [1.165, 1.54) is 11.3 Å². The average molecular weight is 347 g/mol. The van der Waals surface area contributed by atoms with Gasteiger partial charge in [-0.15, -0.1) is 11.3 Å². The SMILES string of the molecule is Nc1ccc(NC(=O)c2cc3ccccc3s2)c(Br)c1. The third-order valence-electron chi connectivity index (χ3n) is 2.89. The number of nitrogens with two attached hydrogens (primary N) is 1. The van der Waals surface area contributed by atoms with E-state index in [9.17, 15) is 4.79 Å². The summed E-state index contributed by atoms with van der Waals surface area (Å²) in [4.78, 5) is 13.0. The average Bonchev–Trinajstić information content (AvgIpc) is 2.86. The molecule has 1 amide bonds. The minimum absolute atomic E-state index is 0.114. The van der Waals surface area contributed by atoms with E-state index in [0.29, 0.717) is 16.3 Å². The van der Waals surface area contributed by atoms with E-state index in [2.05, 4.69) is 21.2 Å². The molecule has 3 N–H and O–H groups in total. The van der Waals surface area contributed by atoms with Gasteiger partial charge in [0.15, 0.2) is 0 Å². The summed E-state index contributed by atoms with van der Waals surface area (Å²) in [6.45, 7) is 0. The highest BCUT2D eigenvalue weighted by Gasteiger charge is 2.11. The van der Waals surface area contributed by atoms with Gasteiger partial charge >= 0.3 is 0 Å². The molecule has 0 fully saturated rings. The minimum atomic E-state index is -0.114. The van der Waals surface area contributed by atoms with Gasteiger partial charge in [0.25, 0.3) is 5.91 Å². The lowest BCUT2D eigenvalue weighted by atomic mass is 10.2. The number of carbonyl (C=O) groups excluding carboxylic acids is 1. The summed E-state index contributed by atoms with van der Waals surface area (Å²) in [7, 11) is 0. The second-order valence-electron chi connectivity index (χ2n) is 4.34. The molecule has 0 unspecified atom stereocenters. The van der Waals surface area contributed by atoms with Crippen LogP contribution < -0.4 is 11.1 Å². The van der Waals surface area contributed by atoms with Crippen LogP contribution in [0.3, 0.4) is 0 Å². The first-order chi connectivity index (χ1) is 9.63. The highest BCUT2D eigenvalue weighted by molar-refractivity contribution is 9.10. The molecule has 0 aliphatic heterocycles. The molecule has 20 heavy (non-hydrogen) atoms. The summed E-state index contributed by atoms with van der Waals surface area (Å²) in [5.41, 5.74) is 7.04. The van der Waals surface area contributed by atoms with Gasteiger partial charge in [0.05, 0.1) is 10.6 Å². The molecule has 0 saturated carbocycles. The van der Waals surface area contributed by atoms with E-state index >= 15 is 0 Å². The number of thiophene rings is 1. The summed E-state index contributed by atoms with van der Waals surface area (Å²) >= 11 is 4.87. The Kier molecular flexibility index (Phi) is 3.46. The van der Waals surface area contributed by atoms with Crippen LogP contribution in [-0.4, -0.2) is 5.91 Å². The first-order valence-corrected chi connectivity index (χ1v) is 7.59. The van der Waals surface area contributed by atoms with Crippen LogP contribution in [0.5, 0.6) is 0 Å². The van der Waals surface area contributed by atoms with Crippen LogP contribution in [0.4, 0.5) is 11.4 Å². The third kappa shape index (κ3) is 2.55. The molecular formula is C15H11BrN2OS. The van der Waals surface area contributed by atoms with Crippen LogP contribution in [0.1, 0.15) is 9.67 Å². The first-order valence-electron chi connectivity index (χ1n) is 5.98. The van der Waals surface area contributed by atoms with Crippen molar-refractivity contribution in [1.82, 2.24) is 0 Å². The third-order valence-corrected chi connectivity index (χ3v) is 4.66. The van der Waals surface area contributed by atoms with Gasteiger partial charge < -0.3 is 11.1 Å². The molecule has 2 aromatic carbocycles. The minimum Gasteiger partial charge on any atom is -0.399 e. The number of hydrogen-bond acceptors (Lipinski definition) is 3. The molecular weight excluding hydrogens is 336 g/mol. The maximum Gasteiger partial charge on any atom is 0.265 e. The highest BCUT2D eigenvalue weighted by atomic mass is 79.9. The molecule has 3 rings (SSSR count). The standard InChI is InChI=1S/C15H11BrN2OS/c16-11-8-10(17)5-6-12(11)18-15(19)14-7-9-3-1-2-4-13(9)20-14/h1-8H,17H2,(H,18,19). The van der Waals surface area contributed by atoms with E-state index in [-0.39, 0.29) is 5.91 Å². The van der Waals surface area contributed by atoms with Gasteiger partial charge in [-0.1, -0.05) is 18.2 Å². The summed E-state index contributed by atoms with van der Waals surface area (Å²) in [6.07, 6.45) is 0. The number of benzene rings is 2. The lowest BCUT2D eigenvalue weighted by molar-refractivity contribution is 0.103. The molecule has 0 spiro atoms. The molecule has 3 nitrogen and oxygen atoms in total. The number of nitrogen functional groups attached to an aromatic ring is 1. The quantitative estimate of drug-likeness (QED) is 0.671. The molecule has 1 heterocycles. The molecule has 3 aromatic rings. The number of hydrogen-bond donors (Lipinski definition) is 2. The molecule has 1 aromatic heterocycles. The predicted molar refractivity (Wildman–Crippen MR) is 88.3 cm³/mol. The van der Waals surface area contributed by atoms with Crippen molar-refractivity contribution in [2.45, 2.75) is 0 Å². The Balaban J connectivity index is 1.89. The Labute approximate surface area is 128 Å². The molecule has 0 aliphatic rings. The number of anilines is 2. The zero-order valence-corrected chi connectivity index (χ0v) is 12.8. The van der Waals surface area contributed by atoms with E-state index in [0.717, 1.165) is 14.6 Å². The molecule has 0 aliphatic carbocycles. The fourth-order valence-electron chi connectivity index (χ4n) is 1.91. The monoisotopic (exact) mass is 346 g/mol. The van der Waals surface area contributed by atoms with Crippen molar-refractivity contribution in [3.8, 4) is 0 Å². The molecule has 0 saturated heterocycles. The Bertz CT molecular complexity index is 764. The van der Waals surface area contributed by atoms with Crippen LogP contribution in [-0.2, 0) is 0 Å². The van der Waals surface area contributed by atoms with Gasteiger partial charge in [-0.05, 0) is 51.6 Å². The van der Waals surface area contributed by atoms with Crippen molar-refractivity contribution >= 4 is 54.6 Å². The molecule has 0 atom stereocenters. The van der Waals surface area contributed by atoms with Crippen molar-refractivity contribution in [3.05, 3.63) is 57.9 Å². The number of carbonyl (C=O) groups is 1. The number of nitrogens with one attached hydrogen (secondary N) is 1. The van der Waals surface area contributed by atoms with Crippen molar-refractivity contribution in [2.75, 3.05) is 11.1 Å². The van der Waals surface area contributed by atoms with Gasteiger partial charge in [0.2, 0.25) is 0 Å². The molecule has 0 radical (unpaired) electrons. The summed E-state index contributed by atoms with van der Waals surface area (Å²) in [6, 6.07) is 15.2. The van der Waals surface area contributed by atoms with Crippen LogP contribution in [0.2, 0.25) is 0 Å². The topological polar surface area (TPSA) is 55.1 Å². The van der Waals surface area contributed by atoms with Crippen LogP contribution >= 0.6 is 27.3 Å². The van der Waals surface area contributed by atoms with Crippen LogP contribution in [0.25, 0.3) is 10.1 Å². The Morgan fingerprint density at radius 3 is 2.70 bits per heavy atom. The normalized spacial score (nSPS) is 10.7. The van der Waals surface area contributed by atoms with E-state index < -0.39 is 0 Å². The lowest BCUT2D eigenvalue weighted by Gasteiger charge is -2.06. The van der Waals surface area contributed by atoms with Crippen LogP contribution in [0.15, 0.2) is 53.0 Å². The fraction of sp³-hybridized carbons (Fsp3) is 0. The van der Waals surface area contributed by atoms with Crippen molar-refractivity contribution in [3.63, 3.8) is 0 Å². The zero-order valence-electron chi connectivity index (χ0n) is 10.4. The number of amides is 1. The van der Waals surface area contributed by atoms with Crippen molar-refractivity contribution in [1.29, 1.82) is 0 Å². The molecule has 100 valence electrons. The second kappa shape index (κ2) is 5.26. The fourth-order valence-corrected chi connectivity index (χ4v) is 3.36. The van der Waals surface area contributed by atoms with Gasteiger partial charge in [-0.3, -0.25) is 4.79 Å². The smallest absolute Gasteiger partial charge is 0.265 e.